The third-order valence-corrected chi connectivity index (χ3v) is 4.66. The molecule has 0 atom stereocenters. The zero-order chi connectivity index (χ0) is 19.8. The van der Waals surface area contributed by atoms with Crippen LogP contribution in [0.5, 0.6) is 0 Å². The SMILES string of the molecule is [C-]#[N+]c1cccc(F)c1-c1c(-c2ccc3c(=O)[nH]nc(CN)c3c2)cnn1C. The van der Waals surface area contributed by atoms with Crippen LogP contribution < -0.4 is 11.3 Å². The molecule has 0 spiro atoms. The summed E-state index contributed by atoms with van der Waals surface area (Å²) in [5, 5.41) is 11.8. The van der Waals surface area contributed by atoms with Crippen LogP contribution in [0.15, 0.2) is 47.4 Å². The number of aromatic amines is 1. The maximum absolute atomic E-state index is 14.6. The van der Waals surface area contributed by atoms with E-state index in [4.69, 9.17) is 12.3 Å². The number of hydrogen-bond donors (Lipinski definition) is 2. The lowest BCUT2D eigenvalue weighted by molar-refractivity contribution is 0.629. The van der Waals surface area contributed by atoms with Gasteiger partial charge in [-0.2, -0.15) is 10.2 Å². The van der Waals surface area contributed by atoms with E-state index >= 15 is 0 Å². The summed E-state index contributed by atoms with van der Waals surface area (Å²) < 4.78 is 16.2. The summed E-state index contributed by atoms with van der Waals surface area (Å²) in [5.74, 6) is -0.500. The van der Waals surface area contributed by atoms with Crippen molar-refractivity contribution >= 4 is 16.5 Å². The van der Waals surface area contributed by atoms with E-state index in [9.17, 15) is 9.18 Å². The van der Waals surface area contributed by atoms with E-state index in [-0.39, 0.29) is 23.4 Å². The molecule has 0 saturated carbocycles. The van der Waals surface area contributed by atoms with Gasteiger partial charge < -0.3 is 5.73 Å². The number of aryl methyl sites for hydroxylation is 1. The molecule has 0 saturated heterocycles. The largest absolute Gasteiger partial charge is 0.325 e. The van der Waals surface area contributed by atoms with E-state index in [1.54, 1.807) is 37.5 Å². The lowest BCUT2D eigenvalue weighted by Gasteiger charge is -2.11. The van der Waals surface area contributed by atoms with Crippen LogP contribution in [0.4, 0.5) is 10.1 Å². The number of H-pyrrole nitrogens is 1. The maximum Gasteiger partial charge on any atom is 0.272 e. The van der Waals surface area contributed by atoms with Gasteiger partial charge in [-0.1, -0.05) is 18.2 Å². The molecule has 4 rings (SSSR count). The molecule has 0 unspecified atom stereocenters. The highest BCUT2D eigenvalue weighted by Gasteiger charge is 2.20. The van der Waals surface area contributed by atoms with Crippen LogP contribution in [0, 0.1) is 12.4 Å². The zero-order valence-electron chi connectivity index (χ0n) is 14.9. The number of nitrogens with zero attached hydrogens (tertiary/aromatic N) is 4. The molecule has 0 fully saturated rings. The number of nitrogens with one attached hydrogen (secondary N) is 1. The fourth-order valence-electron chi connectivity index (χ4n) is 3.33. The van der Waals surface area contributed by atoms with Gasteiger partial charge in [0.05, 0.1) is 29.5 Å². The number of rotatable bonds is 3. The first kappa shape index (κ1) is 17.6. The highest BCUT2D eigenvalue weighted by Crippen LogP contribution is 2.39. The Balaban J connectivity index is 2.02. The summed E-state index contributed by atoms with van der Waals surface area (Å²) in [5.41, 5.74) is 8.23. The van der Waals surface area contributed by atoms with Crippen molar-refractivity contribution in [1.82, 2.24) is 20.0 Å². The Kier molecular flexibility index (Phi) is 4.22. The minimum atomic E-state index is -0.500. The van der Waals surface area contributed by atoms with Crippen molar-refractivity contribution in [3.05, 3.63) is 75.9 Å². The molecule has 7 nitrogen and oxygen atoms in total. The summed E-state index contributed by atoms with van der Waals surface area (Å²) in [6.07, 6.45) is 1.61. The Morgan fingerprint density at radius 3 is 2.86 bits per heavy atom. The van der Waals surface area contributed by atoms with Gasteiger partial charge in [0.25, 0.3) is 5.56 Å². The van der Waals surface area contributed by atoms with Gasteiger partial charge in [-0.3, -0.25) is 9.48 Å². The minimum absolute atomic E-state index is 0.159. The Morgan fingerprint density at radius 1 is 1.29 bits per heavy atom. The van der Waals surface area contributed by atoms with Gasteiger partial charge in [0, 0.05) is 30.1 Å². The van der Waals surface area contributed by atoms with Crippen LogP contribution in [0.2, 0.25) is 0 Å². The molecular formula is C20H15FN6O. The Morgan fingerprint density at radius 2 is 2.11 bits per heavy atom. The van der Waals surface area contributed by atoms with E-state index in [0.717, 1.165) is 5.56 Å². The summed E-state index contributed by atoms with van der Waals surface area (Å²) >= 11 is 0. The second kappa shape index (κ2) is 6.72. The molecule has 2 heterocycles. The molecule has 0 radical (unpaired) electrons. The van der Waals surface area contributed by atoms with Crippen LogP contribution in [0.25, 0.3) is 38.0 Å². The summed E-state index contributed by atoms with van der Waals surface area (Å²) in [7, 11) is 1.69. The van der Waals surface area contributed by atoms with E-state index in [2.05, 4.69) is 20.1 Å². The molecule has 0 bridgehead atoms. The van der Waals surface area contributed by atoms with Gasteiger partial charge in [-0.05, 0) is 23.8 Å². The van der Waals surface area contributed by atoms with Crippen LogP contribution in [-0.2, 0) is 13.6 Å². The number of nitrogens with two attached hydrogens (primary N) is 1. The van der Waals surface area contributed by atoms with Crippen molar-refractivity contribution < 1.29 is 4.39 Å². The monoisotopic (exact) mass is 374 g/mol. The van der Waals surface area contributed by atoms with Crippen LogP contribution in [0.1, 0.15) is 5.69 Å². The molecule has 8 heteroatoms. The highest BCUT2D eigenvalue weighted by molar-refractivity contribution is 5.93. The molecular weight excluding hydrogens is 359 g/mol. The molecule has 4 aromatic rings. The Bertz CT molecular complexity index is 1310. The molecule has 0 aliphatic carbocycles. The molecule has 2 aromatic heterocycles. The third-order valence-electron chi connectivity index (χ3n) is 4.66. The minimum Gasteiger partial charge on any atom is -0.325 e. The maximum atomic E-state index is 14.6. The number of aromatic nitrogens is 4. The number of benzene rings is 2. The highest BCUT2D eigenvalue weighted by atomic mass is 19.1. The molecule has 2 aromatic carbocycles. The summed E-state index contributed by atoms with van der Waals surface area (Å²) in [6.45, 7) is 7.54. The van der Waals surface area contributed by atoms with Crippen LogP contribution in [-0.4, -0.2) is 20.0 Å². The lowest BCUT2D eigenvalue weighted by Crippen LogP contribution is -2.13. The number of fused-ring (bicyclic) bond motifs is 1. The van der Waals surface area contributed by atoms with Crippen molar-refractivity contribution in [3.63, 3.8) is 0 Å². The second-order valence-corrected chi connectivity index (χ2v) is 6.24. The van der Waals surface area contributed by atoms with E-state index in [1.807, 2.05) is 0 Å². The van der Waals surface area contributed by atoms with Gasteiger partial charge in [0.15, 0.2) is 5.69 Å². The van der Waals surface area contributed by atoms with Crippen molar-refractivity contribution in [2.45, 2.75) is 6.54 Å². The van der Waals surface area contributed by atoms with E-state index in [1.165, 1.54) is 16.8 Å². The number of hydrogen-bond acceptors (Lipinski definition) is 4. The lowest BCUT2D eigenvalue weighted by atomic mass is 9.97. The molecule has 0 aliphatic rings. The predicted molar refractivity (Wildman–Crippen MR) is 104 cm³/mol. The molecule has 0 aliphatic heterocycles. The van der Waals surface area contributed by atoms with Crippen molar-refractivity contribution in [2.24, 2.45) is 12.8 Å². The zero-order valence-corrected chi connectivity index (χ0v) is 14.9. The molecule has 3 N–H and O–H groups in total. The third kappa shape index (κ3) is 2.66. The summed E-state index contributed by atoms with van der Waals surface area (Å²) in [4.78, 5) is 15.5. The van der Waals surface area contributed by atoms with Gasteiger partial charge in [-0.25, -0.2) is 14.3 Å². The average molecular weight is 374 g/mol. The van der Waals surface area contributed by atoms with Gasteiger partial charge in [0.2, 0.25) is 0 Å². The van der Waals surface area contributed by atoms with Crippen molar-refractivity contribution in [2.75, 3.05) is 0 Å². The molecule has 28 heavy (non-hydrogen) atoms. The van der Waals surface area contributed by atoms with Crippen molar-refractivity contribution in [1.29, 1.82) is 0 Å². The quantitative estimate of drug-likeness (QED) is 0.539. The Labute approximate surface area is 159 Å². The molecule has 138 valence electrons. The van der Waals surface area contributed by atoms with E-state index < -0.39 is 5.82 Å². The Hall–Kier alpha value is -3.83. The first-order valence-corrected chi connectivity index (χ1v) is 8.45. The van der Waals surface area contributed by atoms with Gasteiger partial charge in [-0.15, -0.1) is 0 Å². The second-order valence-electron chi connectivity index (χ2n) is 6.24. The topological polar surface area (TPSA) is 93.9 Å². The van der Waals surface area contributed by atoms with Gasteiger partial charge >= 0.3 is 0 Å². The van der Waals surface area contributed by atoms with Crippen LogP contribution in [0.3, 0.4) is 0 Å². The first-order valence-electron chi connectivity index (χ1n) is 8.45. The fraction of sp³-hybridized carbons (Fsp3) is 0.100. The standard InChI is InChI=1S/C20H15FN6O/c1-23-16-5-3-4-15(21)18(16)19-14(10-24-27(19)2)11-6-7-12-13(8-11)17(9-22)25-26-20(12)28/h3-8,10H,9,22H2,2H3,(H,26,28). The van der Waals surface area contributed by atoms with E-state index in [0.29, 0.717) is 27.7 Å². The van der Waals surface area contributed by atoms with Crippen molar-refractivity contribution in [3.8, 4) is 22.4 Å². The predicted octanol–water partition coefficient (Wildman–Crippen LogP) is 3.14. The fourth-order valence-corrected chi connectivity index (χ4v) is 3.33. The van der Waals surface area contributed by atoms with Gasteiger partial charge in [0.1, 0.15) is 5.82 Å². The smallest absolute Gasteiger partial charge is 0.272 e. The summed E-state index contributed by atoms with van der Waals surface area (Å²) in [6, 6.07) is 9.62. The number of halogens is 1. The average Bonchev–Trinajstić information content (AvgIpc) is 3.09. The normalized spacial score (nSPS) is 10.9. The molecule has 0 amide bonds. The van der Waals surface area contributed by atoms with Crippen LogP contribution >= 0.6 is 0 Å². The first-order chi connectivity index (χ1) is 13.5.